The predicted octanol–water partition coefficient (Wildman–Crippen LogP) is 2.92. The Hall–Kier alpha value is -2.21. The maximum absolute atomic E-state index is 12.1. The van der Waals surface area contributed by atoms with Crippen LogP contribution in [-0.4, -0.2) is 54.6 Å². The van der Waals surface area contributed by atoms with Crippen molar-refractivity contribution in [3.05, 3.63) is 70.2 Å². The Morgan fingerprint density at radius 1 is 1.07 bits per heavy atom. The molecule has 0 saturated carbocycles. The van der Waals surface area contributed by atoms with E-state index in [0.29, 0.717) is 6.54 Å². The van der Waals surface area contributed by atoms with Gasteiger partial charge in [-0.2, -0.15) is 5.10 Å². The summed E-state index contributed by atoms with van der Waals surface area (Å²) in [5.74, 6) is -0.0778. The molecule has 1 amide bonds. The number of nitrogens with zero attached hydrogens (tertiary/aromatic N) is 3. The zero-order chi connectivity index (χ0) is 19.1. The summed E-state index contributed by atoms with van der Waals surface area (Å²) in [5.41, 5.74) is 6.02. The van der Waals surface area contributed by atoms with Crippen LogP contribution in [0.25, 0.3) is 0 Å². The van der Waals surface area contributed by atoms with E-state index in [1.807, 2.05) is 43.3 Å². The summed E-state index contributed by atoms with van der Waals surface area (Å²) in [6, 6.07) is 15.9. The fraction of sp³-hybridized carbons (Fsp3) is 0.333. The lowest BCUT2D eigenvalue weighted by molar-refractivity contribution is -0.122. The van der Waals surface area contributed by atoms with Gasteiger partial charge in [0.2, 0.25) is 0 Å². The molecule has 2 aromatic rings. The van der Waals surface area contributed by atoms with Crippen molar-refractivity contribution in [2.24, 2.45) is 5.10 Å². The molecule has 5 nitrogen and oxygen atoms in total. The number of carbonyl (C=O) groups is 1. The molecule has 2 aromatic carbocycles. The van der Waals surface area contributed by atoms with Crippen molar-refractivity contribution in [3.8, 4) is 0 Å². The van der Waals surface area contributed by atoms with Gasteiger partial charge in [-0.1, -0.05) is 48.0 Å². The standard InChI is InChI=1S/C21H25ClN4O/c1-17-4-2-3-5-19(17)14-23-24-21(27)16-26-12-10-25(11-13-26)15-18-6-8-20(22)9-7-18/h2-9,14H,10-13,15-16H2,1H3,(H,24,27)/b23-14+. The van der Waals surface area contributed by atoms with Gasteiger partial charge in [-0.3, -0.25) is 14.6 Å². The van der Waals surface area contributed by atoms with Gasteiger partial charge in [-0.05, 0) is 35.7 Å². The van der Waals surface area contributed by atoms with E-state index in [4.69, 9.17) is 11.6 Å². The van der Waals surface area contributed by atoms with Crippen molar-refractivity contribution < 1.29 is 4.79 Å². The summed E-state index contributed by atoms with van der Waals surface area (Å²) in [5, 5.41) is 4.84. The molecule has 27 heavy (non-hydrogen) atoms. The Labute approximate surface area is 165 Å². The van der Waals surface area contributed by atoms with Crippen LogP contribution in [0.15, 0.2) is 53.6 Å². The van der Waals surface area contributed by atoms with E-state index in [2.05, 4.69) is 32.5 Å². The van der Waals surface area contributed by atoms with Crippen LogP contribution in [0.2, 0.25) is 5.02 Å². The van der Waals surface area contributed by atoms with Gasteiger partial charge in [0, 0.05) is 37.7 Å². The smallest absolute Gasteiger partial charge is 0.254 e. The monoisotopic (exact) mass is 384 g/mol. The van der Waals surface area contributed by atoms with Crippen LogP contribution < -0.4 is 5.43 Å². The number of piperazine rings is 1. The lowest BCUT2D eigenvalue weighted by Gasteiger charge is -2.34. The van der Waals surface area contributed by atoms with E-state index in [1.54, 1.807) is 6.21 Å². The number of hydrazone groups is 1. The molecule has 1 aliphatic rings. The van der Waals surface area contributed by atoms with Crippen LogP contribution in [0.1, 0.15) is 16.7 Å². The highest BCUT2D eigenvalue weighted by atomic mass is 35.5. The van der Waals surface area contributed by atoms with E-state index >= 15 is 0 Å². The maximum Gasteiger partial charge on any atom is 0.254 e. The van der Waals surface area contributed by atoms with Crippen LogP contribution in [0.3, 0.4) is 0 Å². The van der Waals surface area contributed by atoms with Crippen LogP contribution in [0.5, 0.6) is 0 Å². The highest BCUT2D eigenvalue weighted by Crippen LogP contribution is 2.12. The number of halogens is 1. The third kappa shape index (κ3) is 6.17. The Morgan fingerprint density at radius 2 is 1.74 bits per heavy atom. The fourth-order valence-corrected chi connectivity index (χ4v) is 3.22. The fourth-order valence-electron chi connectivity index (χ4n) is 3.10. The predicted molar refractivity (Wildman–Crippen MR) is 110 cm³/mol. The summed E-state index contributed by atoms with van der Waals surface area (Å²) in [4.78, 5) is 16.7. The molecule has 1 heterocycles. The minimum atomic E-state index is -0.0778. The zero-order valence-electron chi connectivity index (χ0n) is 15.6. The summed E-state index contributed by atoms with van der Waals surface area (Å²) >= 11 is 5.93. The molecule has 0 aromatic heterocycles. The first-order valence-electron chi connectivity index (χ1n) is 9.17. The Bertz CT molecular complexity index is 783. The molecule has 1 saturated heterocycles. The minimum Gasteiger partial charge on any atom is -0.297 e. The number of hydrogen-bond acceptors (Lipinski definition) is 4. The van der Waals surface area contributed by atoms with E-state index in [0.717, 1.165) is 48.9 Å². The summed E-state index contributed by atoms with van der Waals surface area (Å²) in [6.07, 6.45) is 1.69. The van der Waals surface area contributed by atoms with E-state index < -0.39 is 0 Å². The van der Waals surface area contributed by atoms with Crippen molar-refractivity contribution in [3.63, 3.8) is 0 Å². The van der Waals surface area contributed by atoms with Crippen molar-refractivity contribution in [2.75, 3.05) is 32.7 Å². The van der Waals surface area contributed by atoms with E-state index in [1.165, 1.54) is 5.56 Å². The van der Waals surface area contributed by atoms with Gasteiger partial charge in [0.25, 0.3) is 5.91 Å². The topological polar surface area (TPSA) is 47.9 Å². The van der Waals surface area contributed by atoms with Gasteiger partial charge in [0.05, 0.1) is 12.8 Å². The molecule has 0 unspecified atom stereocenters. The second kappa shape index (κ2) is 9.65. The number of hydrogen-bond donors (Lipinski definition) is 1. The number of nitrogens with one attached hydrogen (secondary N) is 1. The Kier molecular flexibility index (Phi) is 6.98. The zero-order valence-corrected chi connectivity index (χ0v) is 16.3. The van der Waals surface area contributed by atoms with Crippen LogP contribution in [-0.2, 0) is 11.3 Å². The first kappa shape index (κ1) is 19.5. The van der Waals surface area contributed by atoms with Crippen LogP contribution >= 0.6 is 11.6 Å². The van der Waals surface area contributed by atoms with Gasteiger partial charge >= 0.3 is 0 Å². The van der Waals surface area contributed by atoms with Crippen molar-refractivity contribution >= 4 is 23.7 Å². The number of amides is 1. The highest BCUT2D eigenvalue weighted by molar-refractivity contribution is 6.30. The second-order valence-corrected chi connectivity index (χ2v) is 7.26. The van der Waals surface area contributed by atoms with Gasteiger partial charge in [0.1, 0.15) is 0 Å². The molecular weight excluding hydrogens is 360 g/mol. The van der Waals surface area contributed by atoms with Crippen LogP contribution in [0, 0.1) is 6.92 Å². The normalized spacial score (nSPS) is 15.9. The SMILES string of the molecule is Cc1ccccc1/C=N/NC(=O)CN1CCN(Cc2ccc(Cl)cc2)CC1. The third-order valence-electron chi connectivity index (χ3n) is 4.73. The number of carbonyl (C=O) groups excluding carboxylic acids is 1. The molecule has 1 N–H and O–H groups in total. The molecule has 0 aliphatic carbocycles. The lowest BCUT2D eigenvalue weighted by atomic mass is 10.1. The molecule has 0 bridgehead atoms. The second-order valence-electron chi connectivity index (χ2n) is 6.83. The highest BCUT2D eigenvalue weighted by Gasteiger charge is 2.18. The molecule has 3 rings (SSSR count). The van der Waals surface area contributed by atoms with Crippen LogP contribution in [0.4, 0.5) is 0 Å². The first-order valence-corrected chi connectivity index (χ1v) is 9.54. The Balaban J connectivity index is 1.39. The average Bonchev–Trinajstić information content (AvgIpc) is 2.67. The van der Waals surface area contributed by atoms with Gasteiger partial charge in [-0.15, -0.1) is 0 Å². The molecule has 1 aliphatic heterocycles. The molecule has 1 fully saturated rings. The van der Waals surface area contributed by atoms with Gasteiger partial charge in [-0.25, -0.2) is 5.43 Å². The number of benzene rings is 2. The summed E-state index contributed by atoms with van der Waals surface area (Å²) < 4.78 is 0. The van der Waals surface area contributed by atoms with E-state index in [9.17, 15) is 4.79 Å². The first-order chi connectivity index (χ1) is 13.1. The largest absolute Gasteiger partial charge is 0.297 e. The molecule has 0 spiro atoms. The molecule has 0 radical (unpaired) electrons. The van der Waals surface area contributed by atoms with E-state index in [-0.39, 0.29) is 5.91 Å². The molecule has 6 heteroatoms. The number of rotatable bonds is 6. The maximum atomic E-state index is 12.1. The Morgan fingerprint density at radius 3 is 2.44 bits per heavy atom. The summed E-state index contributed by atoms with van der Waals surface area (Å²) in [6.45, 7) is 6.96. The third-order valence-corrected chi connectivity index (χ3v) is 4.98. The van der Waals surface area contributed by atoms with Crippen molar-refractivity contribution in [1.82, 2.24) is 15.2 Å². The van der Waals surface area contributed by atoms with Crippen molar-refractivity contribution in [2.45, 2.75) is 13.5 Å². The molecular formula is C21H25ClN4O. The molecule has 142 valence electrons. The molecule has 0 atom stereocenters. The van der Waals surface area contributed by atoms with Gasteiger partial charge < -0.3 is 0 Å². The summed E-state index contributed by atoms with van der Waals surface area (Å²) in [7, 11) is 0. The van der Waals surface area contributed by atoms with Gasteiger partial charge in [0.15, 0.2) is 0 Å². The lowest BCUT2D eigenvalue weighted by Crippen LogP contribution is -2.48. The average molecular weight is 385 g/mol. The van der Waals surface area contributed by atoms with Crippen molar-refractivity contribution in [1.29, 1.82) is 0 Å². The minimum absolute atomic E-state index is 0.0778. The number of aryl methyl sites for hydroxylation is 1. The quantitative estimate of drug-likeness (QED) is 0.615.